The first-order chi connectivity index (χ1) is 19.7. The van der Waals surface area contributed by atoms with Gasteiger partial charge in [-0.05, 0) is 60.7 Å². The minimum atomic E-state index is -0.278. The SMILES string of the molecule is O=C1C(Nc2ccccc2)=CC(Nc2ccccc2)=C2C(=O)C(Nc3ccccc3)=CC(Nc3ccccc3)=C12. The Morgan fingerprint density at radius 2 is 0.625 bits per heavy atom. The van der Waals surface area contributed by atoms with Gasteiger partial charge in [0.15, 0.2) is 0 Å². The van der Waals surface area contributed by atoms with Gasteiger partial charge in [0.1, 0.15) is 0 Å². The van der Waals surface area contributed by atoms with E-state index in [1.165, 1.54) is 0 Å². The summed E-state index contributed by atoms with van der Waals surface area (Å²) >= 11 is 0. The normalized spacial score (nSPS) is 14.7. The molecule has 0 radical (unpaired) electrons. The number of hydrogen-bond acceptors (Lipinski definition) is 6. The molecule has 2 aliphatic carbocycles. The molecule has 4 N–H and O–H groups in total. The van der Waals surface area contributed by atoms with Gasteiger partial charge in [-0.2, -0.15) is 0 Å². The highest BCUT2D eigenvalue weighted by Crippen LogP contribution is 2.37. The highest BCUT2D eigenvalue weighted by molar-refractivity contribution is 6.28. The second-order valence-electron chi connectivity index (χ2n) is 9.32. The second-order valence-corrected chi connectivity index (χ2v) is 9.32. The molecule has 0 amide bonds. The number of ketones is 2. The van der Waals surface area contributed by atoms with Crippen LogP contribution in [0.4, 0.5) is 22.7 Å². The fourth-order valence-electron chi connectivity index (χ4n) is 4.67. The Balaban J connectivity index is 1.52. The average Bonchev–Trinajstić information content (AvgIpc) is 2.99. The van der Waals surface area contributed by atoms with Crippen LogP contribution in [0.3, 0.4) is 0 Å². The van der Waals surface area contributed by atoms with Crippen molar-refractivity contribution in [2.75, 3.05) is 21.3 Å². The van der Waals surface area contributed by atoms with Gasteiger partial charge in [-0.25, -0.2) is 0 Å². The van der Waals surface area contributed by atoms with Crippen LogP contribution in [-0.4, -0.2) is 11.6 Å². The molecule has 0 saturated carbocycles. The summed E-state index contributed by atoms with van der Waals surface area (Å²) in [6, 6.07) is 38.2. The molecule has 0 saturated heterocycles. The lowest BCUT2D eigenvalue weighted by molar-refractivity contribution is -0.115. The fourth-order valence-corrected chi connectivity index (χ4v) is 4.67. The van der Waals surface area contributed by atoms with Crippen LogP contribution in [0.2, 0.25) is 0 Å². The van der Waals surface area contributed by atoms with E-state index in [1.807, 2.05) is 121 Å². The molecule has 6 heteroatoms. The Bertz CT molecular complexity index is 1560. The molecule has 4 aromatic carbocycles. The van der Waals surface area contributed by atoms with Crippen LogP contribution in [0.1, 0.15) is 0 Å². The summed E-state index contributed by atoms with van der Waals surface area (Å²) in [6.07, 6.45) is 3.43. The van der Waals surface area contributed by atoms with Crippen LogP contribution in [0, 0.1) is 0 Å². The van der Waals surface area contributed by atoms with Crippen molar-refractivity contribution in [3.05, 3.63) is 167 Å². The van der Waals surface area contributed by atoms with Gasteiger partial charge in [-0.15, -0.1) is 0 Å². The first-order valence-corrected chi connectivity index (χ1v) is 13.0. The largest absolute Gasteiger partial charge is 0.355 e. The van der Waals surface area contributed by atoms with E-state index in [2.05, 4.69) is 21.3 Å². The summed E-state index contributed by atoms with van der Waals surface area (Å²) in [5.74, 6) is -0.557. The molecule has 0 atom stereocenters. The number of para-hydroxylation sites is 4. The maximum atomic E-state index is 14.1. The molecule has 40 heavy (non-hydrogen) atoms. The van der Waals surface area contributed by atoms with Gasteiger partial charge >= 0.3 is 0 Å². The summed E-state index contributed by atoms with van der Waals surface area (Å²) in [4.78, 5) is 28.2. The van der Waals surface area contributed by atoms with Gasteiger partial charge in [0, 0.05) is 22.7 Å². The van der Waals surface area contributed by atoms with Crippen molar-refractivity contribution >= 4 is 34.3 Å². The van der Waals surface area contributed by atoms with Crippen LogP contribution in [0.5, 0.6) is 0 Å². The van der Waals surface area contributed by atoms with Gasteiger partial charge < -0.3 is 21.3 Å². The van der Waals surface area contributed by atoms with Crippen molar-refractivity contribution in [3.63, 3.8) is 0 Å². The summed E-state index contributed by atoms with van der Waals surface area (Å²) < 4.78 is 0. The van der Waals surface area contributed by atoms with Gasteiger partial charge in [0.25, 0.3) is 0 Å². The van der Waals surface area contributed by atoms with E-state index in [9.17, 15) is 9.59 Å². The summed E-state index contributed by atoms with van der Waals surface area (Å²) in [6.45, 7) is 0. The monoisotopic (exact) mass is 522 g/mol. The molecule has 6 rings (SSSR count). The molecule has 0 aromatic heterocycles. The second kappa shape index (κ2) is 11.0. The van der Waals surface area contributed by atoms with Crippen LogP contribution in [0.25, 0.3) is 0 Å². The van der Waals surface area contributed by atoms with E-state index >= 15 is 0 Å². The van der Waals surface area contributed by atoms with Gasteiger partial charge in [-0.1, -0.05) is 72.8 Å². The predicted molar refractivity (Wildman–Crippen MR) is 160 cm³/mol. The Morgan fingerprint density at radius 1 is 0.350 bits per heavy atom. The molecule has 4 aromatic rings. The third-order valence-electron chi connectivity index (χ3n) is 6.52. The van der Waals surface area contributed by atoms with Crippen LogP contribution in [0.15, 0.2) is 167 Å². The molecule has 6 nitrogen and oxygen atoms in total. The number of allylic oxidation sites excluding steroid dienone is 4. The highest BCUT2D eigenvalue weighted by atomic mass is 16.1. The first kappa shape index (κ1) is 24.7. The molecule has 0 fully saturated rings. The van der Waals surface area contributed by atoms with Crippen molar-refractivity contribution < 1.29 is 9.59 Å². The Hall–Kier alpha value is -5.62. The quantitative estimate of drug-likeness (QED) is 0.202. The summed E-state index contributed by atoms with van der Waals surface area (Å²) in [7, 11) is 0. The zero-order valence-corrected chi connectivity index (χ0v) is 21.5. The standard InChI is InChI=1S/C34H26N4O2/c39-33-30(38-26-19-11-4-12-20-26)22-28(36-24-15-7-2-8-16-24)32-31(33)27(35-23-13-5-1-6-14-23)21-29(34(32)40)37-25-17-9-3-10-18-25/h1-22,35-38H. The number of anilines is 4. The molecule has 0 aliphatic heterocycles. The first-order valence-electron chi connectivity index (χ1n) is 13.0. The van der Waals surface area contributed by atoms with Crippen LogP contribution < -0.4 is 21.3 Å². The Kier molecular flexibility index (Phi) is 6.80. The van der Waals surface area contributed by atoms with Crippen molar-refractivity contribution in [1.82, 2.24) is 0 Å². The highest BCUT2D eigenvalue weighted by Gasteiger charge is 2.37. The molecule has 0 bridgehead atoms. The maximum Gasteiger partial charge on any atom is 0.212 e. The van der Waals surface area contributed by atoms with E-state index in [4.69, 9.17) is 0 Å². The Labute approximate surface area is 232 Å². The van der Waals surface area contributed by atoms with E-state index in [0.717, 1.165) is 22.7 Å². The fraction of sp³-hybridized carbons (Fsp3) is 0. The van der Waals surface area contributed by atoms with Gasteiger partial charge in [-0.3, -0.25) is 9.59 Å². The van der Waals surface area contributed by atoms with E-state index in [-0.39, 0.29) is 11.6 Å². The third kappa shape index (κ3) is 5.19. The summed E-state index contributed by atoms with van der Waals surface area (Å²) in [5, 5.41) is 13.3. The minimum absolute atomic E-state index is 0.278. The van der Waals surface area contributed by atoms with Crippen LogP contribution >= 0.6 is 0 Å². The maximum absolute atomic E-state index is 14.1. The number of nitrogens with one attached hydrogen (secondary N) is 4. The number of carbonyl (C=O) groups excluding carboxylic acids is 2. The average molecular weight is 523 g/mol. The number of rotatable bonds is 8. The van der Waals surface area contributed by atoms with Crippen molar-refractivity contribution in [3.8, 4) is 0 Å². The van der Waals surface area contributed by atoms with E-state index in [1.54, 1.807) is 12.2 Å². The molecular formula is C34H26N4O2. The predicted octanol–water partition coefficient (Wildman–Crippen LogP) is 6.88. The number of fused-ring (bicyclic) bond motifs is 1. The molecule has 194 valence electrons. The molecule has 0 spiro atoms. The van der Waals surface area contributed by atoms with E-state index in [0.29, 0.717) is 33.9 Å². The molecule has 0 heterocycles. The number of carbonyl (C=O) groups is 2. The Morgan fingerprint density at radius 3 is 0.925 bits per heavy atom. The van der Waals surface area contributed by atoms with Gasteiger partial charge in [0.05, 0.1) is 33.9 Å². The minimum Gasteiger partial charge on any atom is -0.355 e. The summed E-state index contributed by atoms with van der Waals surface area (Å²) in [5.41, 5.74) is 5.50. The van der Waals surface area contributed by atoms with Crippen molar-refractivity contribution in [1.29, 1.82) is 0 Å². The molecular weight excluding hydrogens is 496 g/mol. The topological polar surface area (TPSA) is 82.3 Å². The zero-order valence-electron chi connectivity index (χ0n) is 21.5. The lowest BCUT2D eigenvalue weighted by Crippen LogP contribution is -2.32. The third-order valence-corrected chi connectivity index (χ3v) is 6.52. The van der Waals surface area contributed by atoms with Crippen molar-refractivity contribution in [2.24, 2.45) is 0 Å². The number of benzene rings is 4. The number of hydrogen-bond donors (Lipinski definition) is 4. The van der Waals surface area contributed by atoms with E-state index < -0.39 is 0 Å². The lowest BCUT2D eigenvalue weighted by atomic mass is 9.83. The molecule has 2 aliphatic rings. The lowest BCUT2D eigenvalue weighted by Gasteiger charge is -2.29. The smallest absolute Gasteiger partial charge is 0.212 e. The molecule has 0 unspecified atom stereocenters. The number of Topliss-reactive ketones (excluding diaryl/α,β-unsaturated/α-hetero) is 2. The van der Waals surface area contributed by atoms with Crippen molar-refractivity contribution in [2.45, 2.75) is 0 Å². The van der Waals surface area contributed by atoms with Crippen LogP contribution in [-0.2, 0) is 9.59 Å². The zero-order chi connectivity index (χ0) is 27.3. The van der Waals surface area contributed by atoms with Gasteiger partial charge in [0.2, 0.25) is 11.6 Å².